The highest BCUT2D eigenvalue weighted by molar-refractivity contribution is 6.30. The first-order valence-corrected chi connectivity index (χ1v) is 7.50. The van der Waals surface area contributed by atoms with Crippen LogP contribution >= 0.6 is 11.6 Å². The van der Waals surface area contributed by atoms with E-state index >= 15 is 0 Å². The van der Waals surface area contributed by atoms with E-state index in [1.165, 1.54) is 19.3 Å². The van der Waals surface area contributed by atoms with Crippen LogP contribution in [0.5, 0.6) is 0 Å². The van der Waals surface area contributed by atoms with Gasteiger partial charge in [0.1, 0.15) is 0 Å². The van der Waals surface area contributed by atoms with Gasteiger partial charge in [-0.05, 0) is 50.3 Å². The molecule has 0 amide bonds. The topological polar surface area (TPSA) is 56.7 Å². The van der Waals surface area contributed by atoms with Crippen LogP contribution in [0.2, 0.25) is 5.02 Å². The number of nitrogens with two attached hydrogens (primary N) is 1. The highest BCUT2D eigenvalue weighted by Crippen LogP contribution is 2.40. The van der Waals surface area contributed by atoms with Gasteiger partial charge < -0.3 is 5.73 Å². The molecule has 1 saturated carbocycles. The summed E-state index contributed by atoms with van der Waals surface area (Å²) < 4.78 is 2.07. The Morgan fingerprint density at radius 2 is 2.15 bits per heavy atom. The monoisotopic (exact) mass is 290 g/mol. The van der Waals surface area contributed by atoms with Crippen LogP contribution in [0.3, 0.4) is 0 Å². The van der Waals surface area contributed by atoms with E-state index in [0.29, 0.717) is 11.1 Å². The molecule has 0 spiro atoms. The van der Waals surface area contributed by atoms with Gasteiger partial charge in [-0.1, -0.05) is 11.6 Å². The maximum atomic E-state index is 5.85. The molecule has 1 aliphatic rings. The van der Waals surface area contributed by atoms with Crippen molar-refractivity contribution < 1.29 is 0 Å². The Morgan fingerprint density at radius 1 is 1.30 bits per heavy atom. The Labute approximate surface area is 124 Å². The van der Waals surface area contributed by atoms with E-state index in [1.54, 1.807) is 6.20 Å². The summed E-state index contributed by atoms with van der Waals surface area (Å²) in [5, 5.41) is 5.13. The van der Waals surface area contributed by atoms with E-state index in [9.17, 15) is 0 Å². The second kappa shape index (κ2) is 5.94. The lowest BCUT2D eigenvalue weighted by Crippen LogP contribution is -2.27. The van der Waals surface area contributed by atoms with Crippen LogP contribution in [0, 0.1) is 5.92 Å². The van der Waals surface area contributed by atoms with Crippen molar-refractivity contribution >= 4 is 11.6 Å². The molecule has 0 radical (unpaired) electrons. The van der Waals surface area contributed by atoms with Gasteiger partial charge in [0.05, 0.1) is 23.0 Å². The van der Waals surface area contributed by atoms with E-state index < -0.39 is 0 Å². The van der Waals surface area contributed by atoms with Crippen LogP contribution in [0.4, 0.5) is 0 Å². The van der Waals surface area contributed by atoms with Crippen molar-refractivity contribution in [3.8, 4) is 11.3 Å². The van der Waals surface area contributed by atoms with E-state index in [1.807, 2.05) is 18.3 Å². The van der Waals surface area contributed by atoms with Crippen molar-refractivity contribution in [3.63, 3.8) is 0 Å². The molecule has 0 aliphatic heterocycles. The number of nitrogens with zero attached hydrogens (tertiary/aromatic N) is 3. The molecule has 2 aromatic heterocycles. The van der Waals surface area contributed by atoms with Crippen molar-refractivity contribution in [2.24, 2.45) is 11.7 Å². The zero-order valence-corrected chi connectivity index (χ0v) is 12.1. The van der Waals surface area contributed by atoms with E-state index in [2.05, 4.69) is 21.0 Å². The minimum absolute atomic E-state index is 0.541. The van der Waals surface area contributed by atoms with Gasteiger partial charge in [0.2, 0.25) is 0 Å². The molecule has 2 N–H and O–H groups in total. The fraction of sp³-hybridized carbons (Fsp3) is 0.467. The molecule has 0 saturated heterocycles. The molecule has 2 aromatic rings. The molecule has 1 fully saturated rings. The molecular formula is C15H19ClN4. The summed E-state index contributed by atoms with van der Waals surface area (Å²) in [7, 11) is 0. The van der Waals surface area contributed by atoms with Crippen LogP contribution in [0.1, 0.15) is 31.7 Å². The van der Waals surface area contributed by atoms with Gasteiger partial charge >= 0.3 is 0 Å². The number of hydrogen-bond donors (Lipinski definition) is 1. The Bertz CT molecular complexity index is 558. The summed E-state index contributed by atoms with van der Waals surface area (Å²) >= 11 is 5.85. The Balaban J connectivity index is 1.62. The zero-order valence-electron chi connectivity index (χ0n) is 11.4. The summed E-state index contributed by atoms with van der Waals surface area (Å²) in [6.07, 6.45) is 10.4. The quantitative estimate of drug-likeness (QED) is 0.919. The molecule has 0 unspecified atom stereocenters. The summed E-state index contributed by atoms with van der Waals surface area (Å²) in [6, 6.07) is 4.32. The Hall–Kier alpha value is -1.39. The van der Waals surface area contributed by atoms with Crippen molar-refractivity contribution in [2.45, 2.75) is 31.7 Å². The molecule has 20 heavy (non-hydrogen) atoms. The lowest BCUT2D eigenvalue weighted by molar-refractivity contribution is 0.171. The van der Waals surface area contributed by atoms with Crippen LogP contribution in [0.15, 0.2) is 30.7 Å². The molecule has 1 aliphatic carbocycles. The minimum Gasteiger partial charge on any atom is -0.330 e. The average Bonchev–Trinajstić information content (AvgIpc) is 2.87. The molecule has 2 heterocycles. The molecule has 0 atom stereocenters. The van der Waals surface area contributed by atoms with Gasteiger partial charge in [-0.2, -0.15) is 5.10 Å². The Morgan fingerprint density at radius 3 is 2.85 bits per heavy atom. The largest absolute Gasteiger partial charge is 0.330 e. The molecule has 3 rings (SSSR count). The van der Waals surface area contributed by atoms with Crippen molar-refractivity contribution in [1.29, 1.82) is 0 Å². The van der Waals surface area contributed by atoms with Crippen LogP contribution in [-0.2, 0) is 0 Å². The molecule has 0 bridgehead atoms. The standard InChI is InChI=1S/C15H19ClN4/c16-13-3-4-15(18-9-13)12-8-19-20(10-12)14-6-11(7-14)2-1-5-17/h3-4,8-11,14H,1-2,5-7,17H2. The Kier molecular flexibility index (Phi) is 4.03. The number of hydrogen-bond acceptors (Lipinski definition) is 3. The highest BCUT2D eigenvalue weighted by Gasteiger charge is 2.30. The van der Waals surface area contributed by atoms with E-state index in [0.717, 1.165) is 30.1 Å². The molecule has 0 aromatic carbocycles. The number of rotatable bonds is 5. The van der Waals surface area contributed by atoms with Crippen molar-refractivity contribution in [2.75, 3.05) is 6.54 Å². The van der Waals surface area contributed by atoms with Gasteiger partial charge in [-0.3, -0.25) is 9.67 Å². The summed E-state index contributed by atoms with van der Waals surface area (Å²) in [5.74, 6) is 0.824. The van der Waals surface area contributed by atoms with Crippen LogP contribution < -0.4 is 5.73 Å². The average molecular weight is 291 g/mol. The van der Waals surface area contributed by atoms with Gasteiger partial charge in [-0.25, -0.2) is 0 Å². The second-order valence-corrected chi connectivity index (χ2v) is 5.93. The van der Waals surface area contributed by atoms with Gasteiger partial charge in [-0.15, -0.1) is 0 Å². The highest BCUT2D eigenvalue weighted by atomic mass is 35.5. The predicted molar refractivity (Wildman–Crippen MR) is 80.5 cm³/mol. The zero-order chi connectivity index (χ0) is 13.9. The lowest BCUT2D eigenvalue weighted by Gasteiger charge is -2.35. The fourth-order valence-electron chi connectivity index (χ4n) is 2.78. The van der Waals surface area contributed by atoms with Gasteiger partial charge in [0.25, 0.3) is 0 Å². The number of aromatic nitrogens is 3. The summed E-state index contributed by atoms with van der Waals surface area (Å²) in [6.45, 7) is 0.801. The van der Waals surface area contributed by atoms with Crippen LogP contribution in [-0.4, -0.2) is 21.3 Å². The molecule has 4 nitrogen and oxygen atoms in total. The normalized spacial score (nSPS) is 21.7. The fourth-order valence-corrected chi connectivity index (χ4v) is 2.89. The first kappa shape index (κ1) is 13.6. The van der Waals surface area contributed by atoms with Gasteiger partial charge in [0.15, 0.2) is 0 Å². The summed E-state index contributed by atoms with van der Waals surface area (Å²) in [4.78, 5) is 4.32. The third-order valence-corrected chi connectivity index (χ3v) is 4.25. The number of pyridine rings is 1. The predicted octanol–water partition coefficient (Wildman–Crippen LogP) is 3.29. The molecule has 106 valence electrons. The molecular weight excluding hydrogens is 272 g/mol. The SMILES string of the molecule is NCCCC1CC(n2cc(-c3ccc(Cl)cn3)cn2)C1. The summed E-state index contributed by atoms with van der Waals surface area (Å²) in [5.41, 5.74) is 7.51. The maximum absolute atomic E-state index is 5.85. The maximum Gasteiger partial charge on any atom is 0.0734 e. The smallest absolute Gasteiger partial charge is 0.0734 e. The first-order chi connectivity index (χ1) is 9.76. The third kappa shape index (κ3) is 2.86. The van der Waals surface area contributed by atoms with Crippen molar-refractivity contribution in [1.82, 2.24) is 14.8 Å². The van der Waals surface area contributed by atoms with Gasteiger partial charge in [0, 0.05) is 18.0 Å². The third-order valence-electron chi connectivity index (χ3n) is 4.03. The second-order valence-electron chi connectivity index (χ2n) is 5.49. The minimum atomic E-state index is 0.541. The van der Waals surface area contributed by atoms with E-state index in [-0.39, 0.29) is 0 Å². The lowest BCUT2D eigenvalue weighted by atomic mass is 9.77. The number of halogens is 1. The van der Waals surface area contributed by atoms with E-state index in [4.69, 9.17) is 17.3 Å². The van der Waals surface area contributed by atoms with Crippen LogP contribution in [0.25, 0.3) is 11.3 Å². The first-order valence-electron chi connectivity index (χ1n) is 7.12. The van der Waals surface area contributed by atoms with Crippen molar-refractivity contribution in [3.05, 3.63) is 35.7 Å². The molecule has 5 heteroatoms.